The summed E-state index contributed by atoms with van der Waals surface area (Å²) in [5, 5.41) is 14.6. The summed E-state index contributed by atoms with van der Waals surface area (Å²) in [5.74, 6) is 2.49. The van der Waals surface area contributed by atoms with Gasteiger partial charge >= 0.3 is 0 Å². The summed E-state index contributed by atoms with van der Waals surface area (Å²) in [6, 6.07) is 0.159. The van der Waals surface area contributed by atoms with Gasteiger partial charge in [-0.1, -0.05) is 46.0 Å². The number of fused-ring (bicyclic) bond motifs is 2. The van der Waals surface area contributed by atoms with Crippen molar-refractivity contribution >= 4 is 21.4 Å². The van der Waals surface area contributed by atoms with Gasteiger partial charge in [-0.15, -0.1) is 15.3 Å². The third-order valence-electron chi connectivity index (χ3n) is 4.78. The molecule has 8 heteroatoms. The summed E-state index contributed by atoms with van der Waals surface area (Å²) in [5.41, 5.74) is 1.11. The lowest BCUT2D eigenvalue weighted by Gasteiger charge is -2.33. The van der Waals surface area contributed by atoms with Gasteiger partial charge in [0.15, 0.2) is 5.82 Å². The summed E-state index contributed by atoms with van der Waals surface area (Å²) in [6.07, 6.45) is 2.04. The molecule has 7 nitrogen and oxygen atoms in total. The van der Waals surface area contributed by atoms with Crippen molar-refractivity contribution in [1.29, 1.82) is 0 Å². The average Bonchev–Trinajstić information content (AvgIpc) is 3.18. The van der Waals surface area contributed by atoms with Crippen molar-refractivity contribution in [3.8, 4) is 0 Å². The Morgan fingerprint density at radius 1 is 1.20 bits per heavy atom. The fourth-order valence-electron chi connectivity index (χ4n) is 3.26. The van der Waals surface area contributed by atoms with Gasteiger partial charge in [0.05, 0.1) is 17.9 Å². The molecule has 1 aliphatic heterocycles. The summed E-state index contributed by atoms with van der Waals surface area (Å²) in [7, 11) is 0. The number of hydrogen-bond acceptors (Lipinski definition) is 6. The molecule has 0 aromatic carbocycles. The molecule has 1 aliphatic rings. The Morgan fingerprint density at radius 2 is 1.96 bits per heavy atom. The number of aromatic nitrogens is 6. The molecule has 0 spiro atoms. The van der Waals surface area contributed by atoms with E-state index in [0.29, 0.717) is 5.92 Å². The van der Waals surface area contributed by atoms with Gasteiger partial charge < -0.3 is 9.47 Å². The monoisotopic (exact) mass is 359 g/mol. The zero-order chi connectivity index (χ0) is 17.9. The van der Waals surface area contributed by atoms with Gasteiger partial charge in [0, 0.05) is 24.4 Å². The molecule has 4 heterocycles. The highest BCUT2D eigenvalue weighted by Gasteiger charge is 2.31. The first-order valence-electron chi connectivity index (χ1n) is 8.82. The van der Waals surface area contributed by atoms with Gasteiger partial charge in [-0.3, -0.25) is 0 Å². The molecule has 1 unspecified atom stereocenters. The van der Waals surface area contributed by atoms with Crippen LogP contribution in [0.4, 0.5) is 5.13 Å². The minimum atomic E-state index is 0.0374. The number of anilines is 1. The third kappa shape index (κ3) is 2.63. The smallest absolute Gasteiger partial charge is 0.214 e. The van der Waals surface area contributed by atoms with Gasteiger partial charge in [0.1, 0.15) is 5.82 Å². The van der Waals surface area contributed by atoms with Crippen LogP contribution in [0.1, 0.15) is 70.8 Å². The van der Waals surface area contributed by atoms with Crippen LogP contribution in [0.3, 0.4) is 0 Å². The fraction of sp³-hybridized carbons (Fsp3) is 0.647. The van der Waals surface area contributed by atoms with Crippen molar-refractivity contribution in [2.75, 3.05) is 11.4 Å². The molecule has 0 aliphatic carbocycles. The zero-order valence-electron chi connectivity index (χ0n) is 15.7. The highest BCUT2D eigenvalue weighted by Crippen LogP contribution is 2.34. The third-order valence-corrected chi connectivity index (χ3v) is 5.74. The lowest BCUT2D eigenvalue weighted by atomic mass is 9.93. The first-order valence-corrected chi connectivity index (χ1v) is 9.63. The Kier molecular flexibility index (Phi) is 3.64. The normalized spacial score (nSPS) is 18.4. The van der Waals surface area contributed by atoms with Crippen molar-refractivity contribution < 1.29 is 0 Å². The first-order chi connectivity index (χ1) is 11.8. The van der Waals surface area contributed by atoms with Gasteiger partial charge in [-0.2, -0.15) is 0 Å². The largest absolute Gasteiger partial charge is 0.335 e. The maximum atomic E-state index is 4.78. The van der Waals surface area contributed by atoms with E-state index >= 15 is 0 Å². The Bertz CT molecular complexity index is 880. The van der Waals surface area contributed by atoms with E-state index in [0.717, 1.165) is 40.5 Å². The lowest BCUT2D eigenvalue weighted by molar-refractivity contribution is 0.478. The van der Waals surface area contributed by atoms with Crippen LogP contribution in [0.15, 0.2) is 6.20 Å². The second-order valence-corrected chi connectivity index (χ2v) is 9.01. The predicted molar refractivity (Wildman–Crippen MR) is 99.4 cm³/mol. The number of imidazole rings is 1. The zero-order valence-corrected chi connectivity index (χ0v) is 16.5. The molecule has 134 valence electrons. The standard InChI is InChI=1S/C17H25N7S/c1-10(2)13-19-20-14-11(3)22(7-8-23(13)14)16-21-24-9-12(17(4,5)6)18-15(24)25-16/h9-11H,7-8H2,1-6H3. The molecule has 0 radical (unpaired) electrons. The van der Waals surface area contributed by atoms with Crippen molar-refractivity contribution in [2.45, 2.75) is 65.5 Å². The minimum absolute atomic E-state index is 0.0374. The van der Waals surface area contributed by atoms with E-state index in [1.807, 2.05) is 10.7 Å². The maximum absolute atomic E-state index is 4.78. The summed E-state index contributed by atoms with van der Waals surface area (Å²) in [6.45, 7) is 14.8. The number of hydrogen-bond donors (Lipinski definition) is 0. The molecular weight excluding hydrogens is 334 g/mol. The SMILES string of the molecule is CC(C)c1nnc2n1CCN(c1nn3cc(C(C)(C)C)nc3s1)C2C. The van der Waals surface area contributed by atoms with Gasteiger partial charge in [-0.05, 0) is 6.92 Å². The van der Waals surface area contributed by atoms with Crippen LogP contribution >= 0.6 is 11.3 Å². The molecular formula is C17H25N7S. The van der Waals surface area contributed by atoms with Crippen molar-refractivity contribution in [2.24, 2.45) is 0 Å². The molecule has 25 heavy (non-hydrogen) atoms. The van der Waals surface area contributed by atoms with Crippen LogP contribution in [0.2, 0.25) is 0 Å². The predicted octanol–water partition coefficient (Wildman–Crippen LogP) is 3.38. The van der Waals surface area contributed by atoms with E-state index in [1.165, 1.54) is 0 Å². The minimum Gasteiger partial charge on any atom is -0.335 e. The van der Waals surface area contributed by atoms with E-state index in [1.54, 1.807) is 11.3 Å². The van der Waals surface area contributed by atoms with E-state index in [4.69, 9.17) is 10.1 Å². The molecule has 0 amide bonds. The lowest BCUT2D eigenvalue weighted by Crippen LogP contribution is -2.37. The Hall–Kier alpha value is -1.96. The molecule has 1 atom stereocenters. The van der Waals surface area contributed by atoms with E-state index in [-0.39, 0.29) is 11.5 Å². The van der Waals surface area contributed by atoms with Crippen LogP contribution in [0.25, 0.3) is 4.96 Å². The maximum Gasteiger partial charge on any atom is 0.214 e. The Labute approximate surface area is 151 Å². The molecule has 3 aromatic rings. The highest BCUT2D eigenvalue weighted by atomic mass is 32.1. The van der Waals surface area contributed by atoms with Crippen molar-refractivity contribution in [3.05, 3.63) is 23.5 Å². The van der Waals surface area contributed by atoms with E-state index in [2.05, 4.69) is 61.2 Å². The van der Waals surface area contributed by atoms with Gasteiger partial charge in [-0.25, -0.2) is 9.50 Å². The number of nitrogens with zero attached hydrogens (tertiary/aromatic N) is 7. The molecule has 0 fully saturated rings. The summed E-state index contributed by atoms with van der Waals surface area (Å²) >= 11 is 1.64. The molecule has 3 aromatic heterocycles. The molecule has 0 N–H and O–H groups in total. The molecule has 0 saturated carbocycles. The van der Waals surface area contributed by atoms with Gasteiger partial charge in [0.2, 0.25) is 10.1 Å². The molecule has 0 bridgehead atoms. The summed E-state index contributed by atoms with van der Waals surface area (Å²) in [4.78, 5) is 8.01. The van der Waals surface area contributed by atoms with Crippen LogP contribution in [-0.2, 0) is 12.0 Å². The topological polar surface area (TPSA) is 64.1 Å². The molecule has 0 saturated heterocycles. The Morgan fingerprint density at radius 3 is 2.60 bits per heavy atom. The van der Waals surface area contributed by atoms with E-state index in [9.17, 15) is 0 Å². The fourth-order valence-corrected chi connectivity index (χ4v) is 4.25. The average molecular weight is 360 g/mol. The summed E-state index contributed by atoms with van der Waals surface area (Å²) < 4.78 is 4.18. The van der Waals surface area contributed by atoms with Crippen molar-refractivity contribution in [3.63, 3.8) is 0 Å². The van der Waals surface area contributed by atoms with Crippen LogP contribution in [0, 0.1) is 0 Å². The van der Waals surface area contributed by atoms with Crippen LogP contribution in [-0.4, -0.2) is 35.9 Å². The highest BCUT2D eigenvalue weighted by molar-refractivity contribution is 7.20. The van der Waals surface area contributed by atoms with Crippen LogP contribution < -0.4 is 4.90 Å². The molecule has 4 rings (SSSR count). The second-order valence-electron chi connectivity index (χ2n) is 8.08. The first kappa shape index (κ1) is 16.5. The number of rotatable bonds is 2. The van der Waals surface area contributed by atoms with Crippen molar-refractivity contribution in [1.82, 2.24) is 29.4 Å². The quantitative estimate of drug-likeness (QED) is 0.702. The Balaban J connectivity index is 1.66. The second kappa shape index (κ2) is 5.52. The van der Waals surface area contributed by atoms with E-state index < -0.39 is 0 Å². The van der Waals surface area contributed by atoms with Crippen LogP contribution in [0.5, 0.6) is 0 Å². The van der Waals surface area contributed by atoms with Gasteiger partial charge in [0.25, 0.3) is 0 Å².